The molecule has 1 rings (SSSR count). The molecule has 0 saturated carbocycles. The van der Waals surface area contributed by atoms with Crippen LogP contribution in [0.1, 0.15) is 37.9 Å². The average Bonchev–Trinajstić information content (AvgIpc) is 2.27. The highest BCUT2D eigenvalue weighted by Gasteiger charge is 2.19. The Morgan fingerprint density at radius 1 is 1.29 bits per heavy atom. The standard InChI is InChI=1S/C14H22N2O/c1-9(2)13(15)14(17)16-11(4)12-7-5-6-10(3)8-12/h5-9,11,13H,15H2,1-4H3,(H,16,17)/t11-,13?/m1/s1. The van der Waals surface area contributed by atoms with Gasteiger partial charge in [-0.25, -0.2) is 0 Å². The molecule has 1 aromatic carbocycles. The van der Waals surface area contributed by atoms with Crippen molar-refractivity contribution in [3.05, 3.63) is 35.4 Å². The van der Waals surface area contributed by atoms with Gasteiger partial charge in [-0.1, -0.05) is 43.7 Å². The summed E-state index contributed by atoms with van der Waals surface area (Å²) in [6.07, 6.45) is 0. The van der Waals surface area contributed by atoms with Crippen LogP contribution >= 0.6 is 0 Å². The molecule has 1 aromatic rings. The zero-order valence-electron chi connectivity index (χ0n) is 11.0. The lowest BCUT2D eigenvalue weighted by Crippen LogP contribution is -2.44. The molecule has 0 aliphatic carbocycles. The molecule has 3 N–H and O–H groups in total. The van der Waals surface area contributed by atoms with Crippen molar-refractivity contribution in [3.8, 4) is 0 Å². The van der Waals surface area contributed by atoms with E-state index < -0.39 is 6.04 Å². The first-order valence-corrected chi connectivity index (χ1v) is 6.04. The Labute approximate surface area is 103 Å². The van der Waals surface area contributed by atoms with E-state index in [-0.39, 0.29) is 17.9 Å². The van der Waals surface area contributed by atoms with Gasteiger partial charge in [0, 0.05) is 0 Å². The van der Waals surface area contributed by atoms with E-state index in [4.69, 9.17) is 5.73 Å². The van der Waals surface area contributed by atoms with Crippen molar-refractivity contribution in [2.24, 2.45) is 11.7 Å². The number of benzene rings is 1. The number of amides is 1. The fourth-order valence-corrected chi connectivity index (χ4v) is 1.64. The van der Waals surface area contributed by atoms with Gasteiger partial charge in [-0.05, 0) is 25.3 Å². The molecule has 0 aliphatic rings. The summed E-state index contributed by atoms with van der Waals surface area (Å²) in [5.74, 6) is 0.0636. The molecule has 0 heterocycles. The second-order valence-electron chi connectivity index (χ2n) is 4.91. The maximum atomic E-state index is 11.8. The molecule has 0 aromatic heterocycles. The summed E-state index contributed by atoms with van der Waals surface area (Å²) < 4.78 is 0. The predicted octanol–water partition coefficient (Wildman–Crippen LogP) is 2.16. The van der Waals surface area contributed by atoms with Crippen molar-refractivity contribution in [2.75, 3.05) is 0 Å². The summed E-state index contributed by atoms with van der Waals surface area (Å²) in [5.41, 5.74) is 8.10. The maximum Gasteiger partial charge on any atom is 0.237 e. The highest BCUT2D eigenvalue weighted by Crippen LogP contribution is 2.14. The number of rotatable bonds is 4. The quantitative estimate of drug-likeness (QED) is 0.838. The molecular formula is C14H22N2O. The van der Waals surface area contributed by atoms with Gasteiger partial charge in [0.05, 0.1) is 12.1 Å². The molecule has 94 valence electrons. The lowest BCUT2D eigenvalue weighted by Gasteiger charge is -2.20. The zero-order chi connectivity index (χ0) is 13.0. The predicted molar refractivity (Wildman–Crippen MR) is 70.6 cm³/mol. The molecule has 0 spiro atoms. The molecule has 3 heteroatoms. The van der Waals surface area contributed by atoms with Crippen LogP contribution in [0.2, 0.25) is 0 Å². The fourth-order valence-electron chi connectivity index (χ4n) is 1.64. The Morgan fingerprint density at radius 2 is 1.94 bits per heavy atom. The molecule has 0 bridgehead atoms. The summed E-state index contributed by atoms with van der Waals surface area (Å²) in [6.45, 7) is 7.90. The van der Waals surface area contributed by atoms with Crippen LogP contribution in [0.5, 0.6) is 0 Å². The smallest absolute Gasteiger partial charge is 0.237 e. The summed E-state index contributed by atoms with van der Waals surface area (Å²) in [4.78, 5) is 11.8. The van der Waals surface area contributed by atoms with Gasteiger partial charge in [-0.15, -0.1) is 0 Å². The molecule has 3 nitrogen and oxygen atoms in total. The van der Waals surface area contributed by atoms with Gasteiger partial charge in [-0.2, -0.15) is 0 Å². The largest absolute Gasteiger partial charge is 0.348 e. The normalized spacial score (nSPS) is 14.5. The number of nitrogens with one attached hydrogen (secondary N) is 1. The first-order chi connectivity index (χ1) is 7.91. The average molecular weight is 234 g/mol. The Morgan fingerprint density at radius 3 is 2.47 bits per heavy atom. The topological polar surface area (TPSA) is 55.1 Å². The van der Waals surface area contributed by atoms with Gasteiger partial charge < -0.3 is 11.1 Å². The van der Waals surface area contributed by atoms with E-state index in [1.807, 2.05) is 45.9 Å². The highest BCUT2D eigenvalue weighted by atomic mass is 16.2. The van der Waals surface area contributed by atoms with Crippen molar-refractivity contribution < 1.29 is 4.79 Å². The van der Waals surface area contributed by atoms with Crippen LogP contribution in [0.3, 0.4) is 0 Å². The van der Waals surface area contributed by atoms with E-state index in [1.165, 1.54) is 5.56 Å². The van der Waals surface area contributed by atoms with Crippen molar-refractivity contribution in [3.63, 3.8) is 0 Å². The number of carbonyl (C=O) groups is 1. The third-order valence-corrected chi connectivity index (χ3v) is 2.92. The second kappa shape index (κ2) is 5.82. The monoisotopic (exact) mass is 234 g/mol. The number of carbonyl (C=O) groups excluding carboxylic acids is 1. The summed E-state index contributed by atoms with van der Waals surface area (Å²) in [5, 5.41) is 2.94. The highest BCUT2D eigenvalue weighted by molar-refractivity contribution is 5.82. The molecule has 1 amide bonds. The molecule has 1 unspecified atom stereocenters. The molecule has 0 saturated heterocycles. The number of nitrogens with two attached hydrogens (primary N) is 1. The molecule has 17 heavy (non-hydrogen) atoms. The maximum absolute atomic E-state index is 11.8. The molecule has 2 atom stereocenters. The summed E-state index contributed by atoms with van der Waals surface area (Å²) in [7, 11) is 0. The molecule has 0 fully saturated rings. The van der Waals surface area contributed by atoms with Gasteiger partial charge in [0.2, 0.25) is 5.91 Å². The lowest BCUT2D eigenvalue weighted by atomic mass is 10.0. The lowest BCUT2D eigenvalue weighted by molar-refractivity contribution is -0.123. The van der Waals surface area contributed by atoms with E-state index in [9.17, 15) is 4.79 Å². The van der Waals surface area contributed by atoms with Gasteiger partial charge in [-0.3, -0.25) is 4.79 Å². The van der Waals surface area contributed by atoms with Crippen LogP contribution in [-0.4, -0.2) is 11.9 Å². The van der Waals surface area contributed by atoms with E-state index >= 15 is 0 Å². The van der Waals surface area contributed by atoms with E-state index in [1.54, 1.807) is 0 Å². The van der Waals surface area contributed by atoms with Gasteiger partial charge >= 0.3 is 0 Å². The fraction of sp³-hybridized carbons (Fsp3) is 0.500. The number of hydrogen-bond acceptors (Lipinski definition) is 2. The minimum Gasteiger partial charge on any atom is -0.348 e. The minimum atomic E-state index is -0.442. The van der Waals surface area contributed by atoms with Gasteiger partial charge in [0.1, 0.15) is 0 Å². The number of hydrogen-bond donors (Lipinski definition) is 2. The van der Waals surface area contributed by atoms with E-state index in [0.717, 1.165) is 5.56 Å². The second-order valence-corrected chi connectivity index (χ2v) is 4.91. The zero-order valence-corrected chi connectivity index (χ0v) is 11.0. The third-order valence-electron chi connectivity index (χ3n) is 2.92. The van der Waals surface area contributed by atoms with Crippen LogP contribution in [0.15, 0.2) is 24.3 Å². The van der Waals surface area contributed by atoms with Crippen LogP contribution in [0.4, 0.5) is 0 Å². The van der Waals surface area contributed by atoms with Gasteiger partial charge in [0.25, 0.3) is 0 Å². The molecular weight excluding hydrogens is 212 g/mol. The minimum absolute atomic E-state index is 0.00722. The Hall–Kier alpha value is -1.35. The van der Waals surface area contributed by atoms with Crippen LogP contribution in [-0.2, 0) is 4.79 Å². The molecule has 0 aliphatic heterocycles. The van der Waals surface area contributed by atoms with Crippen molar-refractivity contribution in [1.82, 2.24) is 5.32 Å². The van der Waals surface area contributed by atoms with Crippen molar-refractivity contribution >= 4 is 5.91 Å². The van der Waals surface area contributed by atoms with Gasteiger partial charge in [0.15, 0.2) is 0 Å². The number of aryl methyl sites for hydroxylation is 1. The van der Waals surface area contributed by atoms with Crippen molar-refractivity contribution in [2.45, 2.75) is 39.8 Å². The van der Waals surface area contributed by atoms with Crippen LogP contribution in [0, 0.1) is 12.8 Å². The Balaban J connectivity index is 2.66. The van der Waals surface area contributed by atoms with Crippen LogP contribution < -0.4 is 11.1 Å². The van der Waals surface area contributed by atoms with Crippen LogP contribution in [0.25, 0.3) is 0 Å². The third kappa shape index (κ3) is 3.86. The van der Waals surface area contributed by atoms with Crippen molar-refractivity contribution in [1.29, 1.82) is 0 Å². The first-order valence-electron chi connectivity index (χ1n) is 6.04. The first kappa shape index (κ1) is 13.7. The Bertz CT molecular complexity index is 388. The van der Waals surface area contributed by atoms with E-state index in [0.29, 0.717) is 0 Å². The summed E-state index contributed by atoms with van der Waals surface area (Å²) in [6, 6.07) is 7.67. The molecule has 0 radical (unpaired) electrons. The summed E-state index contributed by atoms with van der Waals surface area (Å²) >= 11 is 0. The SMILES string of the molecule is Cc1cccc([C@@H](C)NC(=O)C(N)C(C)C)c1. The van der Waals surface area contributed by atoms with E-state index in [2.05, 4.69) is 11.4 Å². The Kier molecular flexibility index (Phi) is 4.70.